The van der Waals surface area contributed by atoms with Gasteiger partial charge in [0.25, 0.3) is 5.91 Å². The van der Waals surface area contributed by atoms with E-state index in [1.165, 1.54) is 5.70 Å². The normalized spacial score (nSPS) is 21.8. The number of amidine groups is 1. The van der Waals surface area contributed by atoms with Crippen molar-refractivity contribution < 1.29 is 9.53 Å². The van der Waals surface area contributed by atoms with Crippen LogP contribution in [0.15, 0.2) is 47.2 Å². The summed E-state index contributed by atoms with van der Waals surface area (Å²) in [7, 11) is 2.09. The lowest BCUT2D eigenvalue weighted by Gasteiger charge is -2.36. The molecule has 3 aliphatic rings. The maximum absolute atomic E-state index is 12.6. The molecule has 1 unspecified atom stereocenters. The van der Waals surface area contributed by atoms with Gasteiger partial charge >= 0.3 is 0 Å². The van der Waals surface area contributed by atoms with Gasteiger partial charge in [0.15, 0.2) is 5.84 Å². The molecule has 0 spiro atoms. The van der Waals surface area contributed by atoms with Gasteiger partial charge in [0.1, 0.15) is 6.17 Å². The average Bonchev–Trinajstić information content (AvgIpc) is 3.13. The van der Waals surface area contributed by atoms with Gasteiger partial charge < -0.3 is 24.3 Å². The number of likely N-dealkylation sites (N-methyl/N-ethyl adjacent to an activating group) is 2. The van der Waals surface area contributed by atoms with Crippen molar-refractivity contribution in [1.29, 1.82) is 0 Å². The Hall–Kier alpha value is -2.80. The highest BCUT2D eigenvalue weighted by Gasteiger charge is 2.33. The highest BCUT2D eigenvalue weighted by molar-refractivity contribution is 6.00. The lowest BCUT2D eigenvalue weighted by molar-refractivity contribution is 0.0303. The third kappa shape index (κ3) is 4.07. The van der Waals surface area contributed by atoms with E-state index in [9.17, 15) is 4.79 Å². The number of benzene rings is 1. The Morgan fingerprint density at radius 1 is 1.17 bits per heavy atom. The van der Waals surface area contributed by atoms with Crippen LogP contribution in [0, 0.1) is 0 Å². The number of aliphatic imine (C=N–C) groups is 1. The summed E-state index contributed by atoms with van der Waals surface area (Å²) in [6, 6.07) is 7.80. The standard InChI is InChI=1S/C23H31N5O2/c1-4-26-16-20-22(27(5-2)17-26)24-21(25(20)3)11-8-18-6-9-19(10-7-18)23(29)28-12-14-30-15-13-28/h6-11,16,21H,4-5,12-15,17H2,1-3H3/b11-8+. The molecule has 0 saturated carbocycles. The molecule has 1 aromatic rings. The molecule has 4 rings (SSSR count). The van der Waals surface area contributed by atoms with Gasteiger partial charge in [-0.3, -0.25) is 4.79 Å². The molecule has 1 saturated heterocycles. The number of rotatable bonds is 5. The Balaban J connectivity index is 1.45. The van der Waals surface area contributed by atoms with Gasteiger partial charge in [0.2, 0.25) is 0 Å². The van der Waals surface area contributed by atoms with Gasteiger partial charge in [0, 0.05) is 45.0 Å². The summed E-state index contributed by atoms with van der Waals surface area (Å²) in [6.07, 6.45) is 6.40. The van der Waals surface area contributed by atoms with E-state index in [0.717, 1.165) is 36.7 Å². The van der Waals surface area contributed by atoms with Crippen LogP contribution in [0.25, 0.3) is 6.08 Å². The number of nitrogens with zero attached hydrogens (tertiary/aromatic N) is 5. The van der Waals surface area contributed by atoms with E-state index >= 15 is 0 Å². The fourth-order valence-corrected chi connectivity index (χ4v) is 3.97. The fourth-order valence-electron chi connectivity index (χ4n) is 3.97. The van der Waals surface area contributed by atoms with E-state index < -0.39 is 0 Å². The molecule has 7 nitrogen and oxygen atoms in total. The van der Waals surface area contributed by atoms with E-state index in [1.54, 1.807) is 0 Å². The Morgan fingerprint density at radius 2 is 1.90 bits per heavy atom. The summed E-state index contributed by atoms with van der Waals surface area (Å²) >= 11 is 0. The van der Waals surface area contributed by atoms with Crippen LogP contribution < -0.4 is 0 Å². The minimum atomic E-state index is -0.0215. The number of hydrogen-bond donors (Lipinski definition) is 0. The second-order valence-electron chi connectivity index (χ2n) is 7.78. The molecule has 1 aromatic carbocycles. The number of carbonyl (C=O) groups excluding carboxylic acids is 1. The SMILES string of the molecule is CCN1C=C2C(=NC(/C=C/c3ccc(C(=O)N4CCOCC4)cc3)N2C)N(CC)C1. The van der Waals surface area contributed by atoms with Gasteiger partial charge in [-0.25, -0.2) is 4.99 Å². The van der Waals surface area contributed by atoms with Crippen LogP contribution in [0.5, 0.6) is 0 Å². The van der Waals surface area contributed by atoms with E-state index in [4.69, 9.17) is 9.73 Å². The number of fused-ring (bicyclic) bond motifs is 1. The lowest BCUT2D eigenvalue weighted by atomic mass is 10.1. The molecule has 1 atom stereocenters. The molecule has 7 heteroatoms. The first-order valence-corrected chi connectivity index (χ1v) is 10.8. The van der Waals surface area contributed by atoms with E-state index in [2.05, 4.69) is 53.9 Å². The zero-order chi connectivity index (χ0) is 21.1. The molecule has 1 fully saturated rings. The first-order valence-electron chi connectivity index (χ1n) is 10.8. The zero-order valence-corrected chi connectivity index (χ0v) is 18.1. The topological polar surface area (TPSA) is 51.6 Å². The molecule has 0 aromatic heterocycles. The predicted octanol–water partition coefficient (Wildman–Crippen LogP) is 2.30. The molecule has 0 bridgehead atoms. The number of amides is 1. The third-order valence-corrected chi connectivity index (χ3v) is 5.92. The van der Waals surface area contributed by atoms with Gasteiger partial charge in [-0.2, -0.15) is 0 Å². The van der Waals surface area contributed by atoms with Crippen LogP contribution in [0.3, 0.4) is 0 Å². The number of carbonyl (C=O) groups is 1. The zero-order valence-electron chi connectivity index (χ0n) is 18.1. The fraction of sp³-hybridized carbons (Fsp3) is 0.478. The van der Waals surface area contributed by atoms with Crippen molar-refractivity contribution in [3.8, 4) is 0 Å². The molecule has 1 amide bonds. The monoisotopic (exact) mass is 409 g/mol. The van der Waals surface area contributed by atoms with Crippen molar-refractivity contribution >= 4 is 17.8 Å². The minimum absolute atomic E-state index is 0.0215. The lowest BCUT2D eigenvalue weighted by Crippen LogP contribution is -2.45. The van der Waals surface area contributed by atoms with Gasteiger partial charge in [-0.15, -0.1) is 0 Å². The molecular weight excluding hydrogens is 378 g/mol. The second kappa shape index (κ2) is 8.92. The van der Waals surface area contributed by atoms with Crippen molar-refractivity contribution in [3.05, 3.63) is 53.4 Å². The summed E-state index contributed by atoms with van der Waals surface area (Å²) in [6.45, 7) is 9.71. The maximum atomic E-state index is 12.6. The first-order chi connectivity index (χ1) is 14.6. The molecule has 30 heavy (non-hydrogen) atoms. The largest absolute Gasteiger partial charge is 0.378 e. The van der Waals surface area contributed by atoms with Crippen molar-refractivity contribution in [3.63, 3.8) is 0 Å². The van der Waals surface area contributed by atoms with Crippen LogP contribution in [-0.2, 0) is 4.74 Å². The van der Waals surface area contributed by atoms with Gasteiger partial charge in [0.05, 0.1) is 25.6 Å². The predicted molar refractivity (Wildman–Crippen MR) is 119 cm³/mol. The van der Waals surface area contributed by atoms with Crippen LogP contribution in [0.4, 0.5) is 0 Å². The van der Waals surface area contributed by atoms with Crippen molar-refractivity contribution in [2.45, 2.75) is 20.0 Å². The Labute approximate surface area is 178 Å². The smallest absolute Gasteiger partial charge is 0.254 e. The highest BCUT2D eigenvalue weighted by atomic mass is 16.5. The summed E-state index contributed by atoms with van der Waals surface area (Å²) < 4.78 is 5.33. The highest BCUT2D eigenvalue weighted by Crippen LogP contribution is 2.26. The Morgan fingerprint density at radius 3 is 2.57 bits per heavy atom. The van der Waals surface area contributed by atoms with Crippen LogP contribution in [-0.4, -0.2) is 90.6 Å². The molecule has 0 aliphatic carbocycles. The van der Waals surface area contributed by atoms with Crippen molar-refractivity contribution in [1.82, 2.24) is 19.6 Å². The quantitative estimate of drug-likeness (QED) is 0.747. The molecule has 0 radical (unpaired) electrons. The van der Waals surface area contributed by atoms with E-state index in [-0.39, 0.29) is 12.1 Å². The minimum Gasteiger partial charge on any atom is -0.378 e. The number of morpholine rings is 1. The molecule has 3 aliphatic heterocycles. The van der Waals surface area contributed by atoms with Gasteiger partial charge in [-0.05, 0) is 37.6 Å². The van der Waals surface area contributed by atoms with Crippen molar-refractivity contribution in [2.24, 2.45) is 4.99 Å². The molecular formula is C23H31N5O2. The summed E-state index contributed by atoms with van der Waals surface area (Å²) in [5, 5.41) is 0. The van der Waals surface area contributed by atoms with Gasteiger partial charge in [-0.1, -0.05) is 18.2 Å². The first kappa shape index (κ1) is 20.5. The summed E-state index contributed by atoms with van der Waals surface area (Å²) in [4.78, 5) is 26.2. The van der Waals surface area contributed by atoms with E-state index in [1.807, 2.05) is 29.2 Å². The van der Waals surface area contributed by atoms with Crippen LogP contribution in [0.2, 0.25) is 0 Å². The molecule has 160 valence electrons. The second-order valence-corrected chi connectivity index (χ2v) is 7.78. The van der Waals surface area contributed by atoms with Crippen molar-refractivity contribution in [2.75, 3.05) is 53.1 Å². The van der Waals surface area contributed by atoms with E-state index in [0.29, 0.717) is 26.3 Å². The molecule has 0 N–H and O–H groups in total. The number of hydrogen-bond acceptors (Lipinski definition) is 6. The summed E-state index contributed by atoms with van der Waals surface area (Å²) in [5.74, 6) is 1.15. The maximum Gasteiger partial charge on any atom is 0.254 e. The molecule has 3 heterocycles. The van der Waals surface area contributed by atoms with Crippen LogP contribution >= 0.6 is 0 Å². The summed E-state index contributed by atoms with van der Waals surface area (Å²) in [5.41, 5.74) is 2.96. The Kier molecular flexibility index (Phi) is 6.08. The Bertz CT molecular complexity index is 855. The average molecular weight is 410 g/mol. The third-order valence-electron chi connectivity index (χ3n) is 5.92. The van der Waals surface area contributed by atoms with Crippen LogP contribution in [0.1, 0.15) is 29.8 Å². The number of ether oxygens (including phenoxy) is 1.